The number of hydrogen-bond acceptors (Lipinski definition) is 5. The summed E-state index contributed by atoms with van der Waals surface area (Å²) in [5.41, 5.74) is 5.67. The molecule has 0 fully saturated rings. The Bertz CT molecular complexity index is 450. The second kappa shape index (κ2) is 7.34. The summed E-state index contributed by atoms with van der Waals surface area (Å²) in [4.78, 5) is 22.6. The highest BCUT2D eigenvalue weighted by Gasteiger charge is 2.20. The number of phenolic OH excluding ortho intramolecular Hbond substituents is 1. The predicted octanol–water partition coefficient (Wildman–Crippen LogP) is -0.278. The van der Waals surface area contributed by atoms with E-state index in [0.29, 0.717) is 12.2 Å². The molecule has 0 radical (unpaired) electrons. The SMILES string of the molecule is NCCN[C@H](CC(=O)Nc1cccc(O)c1)C(=O)O. The highest BCUT2D eigenvalue weighted by atomic mass is 16.4. The van der Waals surface area contributed by atoms with Gasteiger partial charge in [0.15, 0.2) is 0 Å². The fourth-order valence-corrected chi connectivity index (χ4v) is 1.49. The van der Waals surface area contributed by atoms with Crippen LogP contribution >= 0.6 is 0 Å². The number of carboxylic acids is 1. The molecule has 19 heavy (non-hydrogen) atoms. The maximum absolute atomic E-state index is 11.7. The van der Waals surface area contributed by atoms with Crippen molar-refractivity contribution in [3.8, 4) is 5.75 Å². The van der Waals surface area contributed by atoms with Crippen molar-refractivity contribution in [1.82, 2.24) is 5.32 Å². The van der Waals surface area contributed by atoms with Crippen LogP contribution in [0.2, 0.25) is 0 Å². The molecular formula is C12H17N3O4. The monoisotopic (exact) mass is 267 g/mol. The van der Waals surface area contributed by atoms with Crippen molar-refractivity contribution >= 4 is 17.6 Å². The molecule has 0 aliphatic heterocycles. The second-order valence-electron chi connectivity index (χ2n) is 3.94. The Balaban J connectivity index is 2.55. The highest BCUT2D eigenvalue weighted by molar-refractivity contribution is 5.94. The summed E-state index contributed by atoms with van der Waals surface area (Å²) < 4.78 is 0. The fourth-order valence-electron chi connectivity index (χ4n) is 1.49. The summed E-state index contributed by atoms with van der Waals surface area (Å²) in [5, 5.41) is 23.3. The zero-order chi connectivity index (χ0) is 14.3. The number of anilines is 1. The Labute approximate surface area is 110 Å². The number of carbonyl (C=O) groups is 2. The van der Waals surface area contributed by atoms with E-state index in [1.165, 1.54) is 12.1 Å². The molecule has 1 rings (SSSR count). The van der Waals surface area contributed by atoms with Gasteiger partial charge in [-0.2, -0.15) is 0 Å². The van der Waals surface area contributed by atoms with Gasteiger partial charge in [-0.25, -0.2) is 0 Å². The molecule has 0 saturated heterocycles. The second-order valence-corrected chi connectivity index (χ2v) is 3.94. The van der Waals surface area contributed by atoms with Gasteiger partial charge in [0.05, 0.1) is 6.42 Å². The van der Waals surface area contributed by atoms with Crippen LogP contribution in [0.25, 0.3) is 0 Å². The molecule has 0 aliphatic carbocycles. The maximum Gasteiger partial charge on any atom is 0.321 e. The molecule has 1 aromatic carbocycles. The lowest BCUT2D eigenvalue weighted by Crippen LogP contribution is -2.41. The zero-order valence-electron chi connectivity index (χ0n) is 10.3. The summed E-state index contributed by atoms with van der Waals surface area (Å²) in [7, 11) is 0. The highest BCUT2D eigenvalue weighted by Crippen LogP contribution is 2.15. The number of carbonyl (C=O) groups excluding carboxylic acids is 1. The third kappa shape index (κ3) is 5.36. The number of rotatable bonds is 7. The van der Waals surface area contributed by atoms with Crippen LogP contribution in [0.1, 0.15) is 6.42 Å². The van der Waals surface area contributed by atoms with E-state index < -0.39 is 17.9 Å². The minimum absolute atomic E-state index is 0.0221. The molecule has 7 nitrogen and oxygen atoms in total. The van der Waals surface area contributed by atoms with Gasteiger partial charge in [0.1, 0.15) is 11.8 Å². The van der Waals surface area contributed by atoms with Gasteiger partial charge in [-0.05, 0) is 12.1 Å². The van der Waals surface area contributed by atoms with Gasteiger partial charge < -0.3 is 26.6 Å². The van der Waals surface area contributed by atoms with Crippen molar-refractivity contribution in [3.63, 3.8) is 0 Å². The van der Waals surface area contributed by atoms with E-state index in [1.807, 2.05) is 0 Å². The lowest BCUT2D eigenvalue weighted by atomic mass is 10.2. The number of hydrogen-bond donors (Lipinski definition) is 5. The van der Waals surface area contributed by atoms with Crippen molar-refractivity contribution in [2.45, 2.75) is 12.5 Å². The molecular weight excluding hydrogens is 250 g/mol. The smallest absolute Gasteiger partial charge is 0.321 e. The van der Waals surface area contributed by atoms with Crippen LogP contribution in [0.15, 0.2) is 24.3 Å². The Morgan fingerprint density at radius 1 is 1.37 bits per heavy atom. The molecule has 1 amide bonds. The van der Waals surface area contributed by atoms with Crippen LogP contribution in [0.4, 0.5) is 5.69 Å². The summed E-state index contributed by atoms with van der Waals surface area (Å²) in [6.07, 6.45) is -0.217. The van der Waals surface area contributed by atoms with Gasteiger partial charge in [0.25, 0.3) is 0 Å². The molecule has 0 aliphatic rings. The van der Waals surface area contributed by atoms with Crippen LogP contribution in [-0.4, -0.2) is 41.2 Å². The van der Waals surface area contributed by atoms with Crippen molar-refractivity contribution in [1.29, 1.82) is 0 Å². The normalized spacial score (nSPS) is 11.8. The van der Waals surface area contributed by atoms with E-state index in [0.717, 1.165) is 0 Å². The topological polar surface area (TPSA) is 125 Å². The summed E-state index contributed by atoms with van der Waals surface area (Å²) >= 11 is 0. The summed E-state index contributed by atoms with van der Waals surface area (Å²) in [5.74, 6) is -1.55. The van der Waals surface area contributed by atoms with Gasteiger partial charge in [0, 0.05) is 24.8 Å². The average Bonchev–Trinajstić information content (AvgIpc) is 2.34. The predicted molar refractivity (Wildman–Crippen MR) is 69.8 cm³/mol. The number of nitrogens with two attached hydrogens (primary N) is 1. The minimum atomic E-state index is -1.11. The van der Waals surface area contributed by atoms with Crippen LogP contribution in [0.3, 0.4) is 0 Å². The van der Waals surface area contributed by atoms with Crippen molar-refractivity contribution in [3.05, 3.63) is 24.3 Å². The first-order chi connectivity index (χ1) is 9.02. The first-order valence-electron chi connectivity index (χ1n) is 5.78. The number of amides is 1. The molecule has 1 aromatic rings. The standard InChI is InChI=1S/C12H17N3O4/c13-4-5-14-10(12(18)19)7-11(17)15-8-2-1-3-9(16)6-8/h1-3,6,10,14,16H,4-5,7,13H2,(H,15,17)(H,18,19)/t10-/m1/s1. The molecule has 1 atom stereocenters. The third-order valence-electron chi connectivity index (χ3n) is 2.35. The number of benzene rings is 1. The minimum Gasteiger partial charge on any atom is -0.508 e. The number of aliphatic carboxylic acids is 1. The molecule has 0 aromatic heterocycles. The molecule has 0 spiro atoms. The van der Waals surface area contributed by atoms with Gasteiger partial charge in [-0.3, -0.25) is 9.59 Å². The van der Waals surface area contributed by atoms with Crippen LogP contribution in [0.5, 0.6) is 5.75 Å². The van der Waals surface area contributed by atoms with Crippen molar-refractivity contribution < 1.29 is 19.8 Å². The lowest BCUT2D eigenvalue weighted by molar-refractivity contribution is -0.141. The number of nitrogens with one attached hydrogen (secondary N) is 2. The Hall–Kier alpha value is -2.12. The van der Waals surface area contributed by atoms with Crippen LogP contribution < -0.4 is 16.4 Å². The summed E-state index contributed by atoms with van der Waals surface area (Å²) in [6.45, 7) is 0.605. The average molecular weight is 267 g/mol. The van der Waals surface area contributed by atoms with E-state index >= 15 is 0 Å². The van der Waals surface area contributed by atoms with Gasteiger partial charge in [-0.15, -0.1) is 0 Å². The van der Waals surface area contributed by atoms with Gasteiger partial charge in [0.2, 0.25) is 5.91 Å². The maximum atomic E-state index is 11.7. The number of phenols is 1. The molecule has 104 valence electrons. The van der Waals surface area contributed by atoms with E-state index in [1.54, 1.807) is 12.1 Å². The molecule has 0 bridgehead atoms. The Kier molecular flexibility index (Phi) is 5.77. The first-order valence-corrected chi connectivity index (χ1v) is 5.78. The molecule has 0 heterocycles. The van der Waals surface area contributed by atoms with Gasteiger partial charge >= 0.3 is 5.97 Å². The summed E-state index contributed by atoms with van der Waals surface area (Å²) in [6, 6.07) is 5.04. The number of aromatic hydroxyl groups is 1. The molecule has 0 saturated carbocycles. The lowest BCUT2D eigenvalue weighted by Gasteiger charge is -2.13. The third-order valence-corrected chi connectivity index (χ3v) is 2.35. The van der Waals surface area contributed by atoms with Gasteiger partial charge in [-0.1, -0.05) is 6.07 Å². The van der Waals surface area contributed by atoms with E-state index in [4.69, 9.17) is 10.8 Å². The molecule has 7 heteroatoms. The largest absolute Gasteiger partial charge is 0.508 e. The van der Waals surface area contributed by atoms with Crippen molar-refractivity contribution in [2.75, 3.05) is 18.4 Å². The Morgan fingerprint density at radius 3 is 2.68 bits per heavy atom. The van der Waals surface area contributed by atoms with Crippen molar-refractivity contribution in [2.24, 2.45) is 5.73 Å². The number of carboxylic acid groups (broad SMARTS) is 1. The zero-order valence-corrected chi connectivity index (χ0v) is 10.3. The first kappa shape index (κ1) is 14.9. The molecule has 0 unspecified atom stereocenters. The van der Waals surface area contributed by atoms with Crippen LogP contribution in [-0.2, 0) is 9.59 Å². The quantitative estimate of drug-likeness (QED) is 0.463. The van der Waals surface area contributed by atoms with Crippen LogP contribution in [0, 0.1) is 0 Å². The van der Waals surface area contributed by atoms with E-state index in [9.17, 15) is 14.7 Å². The fraction of sp³-hybridized carbons (Fsp3) is 0.333. The Morgan fingerprint density at radius 2 is 2.11 bits per heavy atom. The van der Waals surface area contributed by atoms with E-state index in [2.05, 4.69) is 10.6 Å². The molecule has 6 N–H and O–H groups in total. The van der Waals surface area contributed by atoms with E-state index in [-0.39, 0.29) is 18.7 Å².